The van der Waals surface area contributed by atoms with Crippen molar-refractivity contribution >= 4 is 23.4 Å². The highest BCUT2D eigenvalue weighted by atomic mass is 16.2. The van der Waals surface area contributed by atoms with Crippen LogP contribution in [0.1, 0.15) is 29.8 Å². The van der Waals surface area contributed by atoms with Crippen LogP contribution in [-0.2, 0) is 16.1 Å². The first-order chi connectivity index (χ1) is 12.0. The highest BCUT2D eigenvalue weighted by molar-refractivity contribution is 6.40. The summed E-state index contributed by atoms with van der Waals surface area (Å²) in [7, 11) is 0. The van der Waals surface area contributed by atoms with Gasteiger partial charge in [0.05, 0.1) is 11.3 Å². The summed E-state index contributed by atoms with van der Waals surface area (Å²) in [5, 5.41) is 7.79. The normalized spacial score (nSPS) is 10.2. The van der Waals surface area contributed by atoms with Crippen molar-refractivity contribution in [3.05, 3.63) is 65.7 Å². The molecule has 0 aliphatic heterocycles. The number of nitrogens with one attached hydrogen (secondary N) is 3. The number of hydrogen-bond acceptors (Lipinski definition) is 3. The van der Waals surface area contributed by atoms with E-state index in [0.29, 0.717) is 12.1 Å². The summed E-state index contributed by atoms with van der Waals surface area (Å²) < 4.78 is 0. The van der Waals surface area contributed by atoms with Gasteiger partial charge in [0.2, 0.25) is 0 Å². The fraction of sp³-hybridized carbons (Fsp3) is 0.211. The van der Waals surface area contributed by atoms with E-state index in [1.54, 1.807) is 38.1 Å². The number of carbonyl (C=O) groups excluding carboxylic acids is 3. The van der Waals surface area contributed by atoms with E-state index in [4.69, 9.17) is 0 Å². The minimum Gasteiger partial charge on any atom is -0.348 e. The summed E-state index contributed by atoms with van der Waals surface area (Å²) >= 11 is 0. The molecule has 0 aliphatic carbocycles. The second-order valence-electron chi connectivity index (χ2n) is 5.80. The molecule has 25 heavy (non-hydrogen) atoms. The van der Waals surface area contributed by atoms with Crippen LogP contribution in [0.2, 0.25) is 0 Å². The minimum absolute atomic E-state index is 0.150. The van der Waals surface area contributed by atoms with Gasteiger partial charge in [-0.1, -0.05) is 42.5 Å². The molecule has 0 saturated heterocycles. The monoisotopic (exact) mass is 339 g/mol. The Morgan fingerprint density at radius 3 is 2.20 bits per heavy atom. The lowest BCUT2D eigenvalue weighted by Crippen LogP contribution is -2.39. The first-order valence-corrected chi connectivity index (χ1v) is 8.00. The fourth-order valence-electron chi connectivity index (χ4n) is 2.17. The quantitative estimate of drug-likeness (QED) is 0.729. The maximum atomic E-state index is 12.4. The zero-order valence-corrected chi connectivity index (χ0v) is 14.2. The van der Waals surface area contributed by atoms with Gasteiger partial charge in [0.1, 0.15) is 0 Å². The molecule has 0 saturated carbocycles. The standard InChI is InChI=1S/C19H21N3O3/c1-13(2)21-18(24)19(25)22-16-11-7-6-10-15(16)17(23)20-12-14-8-4-3-5-9-14/h3-11,13H,12H2,1-2H3,(H,20,23)(H,21,24)(H,22,25). The van der Waals surface area contributed by atoms with Gasteiger partial charge in [-0.2, -0.15) is 0 Å². The smallest absolute Gasteiger partial charge is 0.313 e. The molecule has 2 rings (SSSR count). The lowest BCUT2D eigenvalue weighted by Gasteiger charge is -2.12. The van der Waals surface area contributed by atoms with Crippen molar-refractivity contribution < 1.29 is 14.4 Å². The molecule has 0 fully saturated rings. The van der Waals surface area contributed by atoms with Gasteiger partial charge in [-0.25, -0.2) is 0 Å². The van der Waals surface area contributed by atoms with Crippen LogP contribution in [0.3, 0.4) is 0 Å². The number of para-hydroxylation sites is 1. The third-order valence-corrected chi connectivity index (χ3v) is 3.34. The van der Waals surface area contributed by atoms with E-state index in [-0.39, 0.29) is 17.6 Å². The van der Waals surface area contributed by atoms with Crippen molar-refractivity contribution in [2.75, 3.05) is 5.32 Å². The summed E-state index contributed by atoms with van der Waals surface area (Å²) in [6, 6.07) is 15.9. The first kappa shape index (κ1) is 18.2. The van der Waals surface area contributed by atoms with Gasteiger partial charge in [-0.15, -0.1) is 0 Å². The van der Waals surface area contributed by atoms with Crippen molar-refractivity contribution in [2.45, 2.75) is 26.4 Å². The molecule has 2 aromatic carbocycles. The Hall–Kier alpha value is -3.15. The highest BCUT2D eigenvalue weighted by Crippen LogP contribution is 2.15. The van der Waals surface area contributed by atoms with Crippen molar-refractivity contribution in [3.8, 4) is 0 Å². The second-order valence-corrected chi connectivity index (χ2v) is 5.80. The van der Waals surface area contributed by atoms with Gasteiger partial charge in [-0.05, 0) is 31.5 Å². The van der Waals surface area contributed by atoms with Crippen molar-refractivity contribution in [1.29, 1.82) is 0 Å². The Kier molecular flexibility index (Phi) is 6.28. The van der Waals surface area contributed by atoms with Crippen molar-refractivity contribution in [1.82, 2.24) is 10.6 Å². The maximum absolute atomic E-state index is 12.4. The molecular weight excluding hydrogens is 318 g/mol. The van der Waals surface area contributed by atoms with E-state index in [2.05, 4.69) is 16.0 Å². The zero-order valence-electron chi connectivity index (χ0n) is 14.2. The molecular formula is C19H21N3O3. The molecule has 0 atom stereocenters. The van der Waals surface area contributed by atoms with Crippen LogP contribution in [0.15, 0.2) is 54.6 Å². The van der Waals surface area contributed by atoms with E-state index in [0.717, 1.165) is 5.56 Å². The number of rotatable bonds is 5. The number of hydrogen-bond donors (Lipinski definition) is 3. The lowest BCUT2D eigenvalue weighted by atomic mass is 10.1. The Morgan fingerprint density at radius 1 is 0.880 bits per heavy atom. The molecule has 0 unspecified atom stereocenters. The Labute approximate surface area is 146 Å². The average molecular weight is 339 g/mol. The molecule has 0 aromatic heterocycles. The van der Waals surface area contributed by atoms with Gasteiger partial charge in [-0.3, -0.25) is 14.4 Å². The molecule has 0 aliphatic rings. The summed E-state index contributed by atoms with van der Waals surface area (Å²) in [6.45, 7) is 3.89. The van der Waals surface area contributed by atoms with Crippen LogP contribution in [0.25, 0.3) is 0 Å². The summed E-state index contributed by atoms with van der Waals surface area (Å²) in [6.07, 6.45) is 0. The van der Waals surface area contributed by atoms with Crippen LogP contribution < -0.4 is 16.0 Å². The molecule has 0 radical (unpaired) electrons. The summed E-state index contributed by atoms with van der Waals surface area (Å²) in [5.41, 5.74) is 1.55. The topological polar surface area (TPSA) is 87.3 Å². The minimum atomic E-state index is -0.808. The predicted octanol–water partition coefficient (Wildman–Crippen LogP) is 2.08. The third-order valence-electron chi connectivity index (χ3n) is 3.34. The van der Waals surface area contributed by atoms with E-state index >= 15 is 0 Å². The maximum Gasteiger partial charge on any atom is 0.313 e. The molecule has 2 aromatic rings. The molecule has 0 spiro atoms. The summed E-state index contributed by atoms with van der Waals surface area (Å²) in [5.74, 6) is -1.88. The molecule has 6 nitrogen and oxygen atoms in total. The van der Waals surface area contributed by atoms with Gasteiger partial charge in [0.15, 0.2) is 0 Å². The van der Waals surface area contributed by atoms with E-state index in [1.165, 1.54) is 0 Å². The Bertz CT molecular complexity index is 758. The third kappa shape index (κ3) is 5.46. The van der Waals surface area contributed by atoms with Crippen molar-refractivity contribution in [3.63, 3.8) is 0 Å². The zero-order chi connectivity index (χ0) is 18.2. The van der Waals surface area contributed by atoms with Gasteiger partial charge in [0, 0.05) is 12.6 Å². The highest BCUT2D eigenvalue weighted by Gasteiger charge is 2.18. The van der Waals surface area contributed by atoms with Crippen LogP contribution in [0, 0.1) is 0 Å². The number of anilines is 1. The molecule has 0 bridgehead atoms. The van der Waals surface area contributed by atoms with E-state index in [1.807, 2.05) is 30.3 Å². The molecule has 3 N–H and O–H groups in total. The largest absolute Gasteiger partial charge is 0.348 e. The molecule has 0 heterocycles. The lowest BCUT2D eigenvalue weighted by molar-refractivity contribution is -0.136. The summed E-state index contributed by atoms with van der Waals surface area (Å²) in [4.78, 5) is 36.1. The number of carbonyl (C=O) groups is 3. The van der Waals surface area contributed by atoms with E-state index < -0.39 is 11.8 Å². The molecule has 3 amide bonds. The second kappa shape index (κ2) is 8.63. The SMILES string of the molecule is CC(C)NC(=O)C(=O)Nc1ccccc1C(=O)NCc1ccccc1. The van der Waals surface area contributed by atoms with Gasteiger partial charge >= 0.3 is 11.8 Å². The average Bonchev–Trinajstić information content (AvgIpc) is 2.60. The molecule has 130 valence electrons. The predicted molar refractivity (Wildman–Crippen MR) is 96.0 cm³/mol. The van der Waals surface area contributed by atoms with Crippen LogP contribution in [0.5, 0.6) is 0 Å². The Balaban J connectivity index is 2.05. The Morgan fingerprint density at radius 2 is 1.52 bits per heavy atom. The number of amides is 3. The van der Waals surface area contributed by atoms with Crippen LogP contribution in [-0.4, -0.2) is 23.8 Å². The molecule has 6 heteroatoms. The fourth-order valence-corrected chi connectivity index (χ4v) is 2.17. The van der Waals surface area contributed by atoms with Gasteiger partial charge < -0.3 is 16.0 Å². The van der Waals surface area contributed by atoms with E-state index in [9.17, 15) is 14.4 Å². The van der Waals surface area contributed by atoms with Crippen LogP contribution in [0.4, 0.5) is 5.69 Å². The van der Waals surface area contributed by atoms with Crippen LogP contribution >= 0.6 is 0 Å². The first-order valence-electron chi connectivity index (χ1n) is 8.00. The van der Waals surface area contributed by atoms with Gasteiger partial charge in [0.25, 0.3) is 5.91 Å². The number of benzene rings is 2. The van der Waals surface area contributed by atoms with Crippen molar-refractivity contribution in [2.24, 2.45) is 0 Å².